The minimum atomic E-state index is -2.30. The highest BCUT2D eigenvalue weighted by Crippen LogP contribution is 2.12. The van der Waals surface area contributed by atoms with E-state index >= 15 is 0 Å². The van der Waals surface area contributed by atoms with Crippen molar-refractivity contribution in [3.05, 3.63) is 0 Å². The molecule has 0 atom stereocenters. The van der Waals surface area contributed by atoms with Crippen LogP contribution in [0.2, 0.25) is 6.04 Å². The number of carboxylic acid groups (broad SMARTS) is 1. The number of hydrogen-bond acceptors (Lipinski definition) is 3. The molecular formula is C7H17NO4Si. The molecular weight excluding hydrogens is 190 g/mol. The summed E-state index contributed by atoms with van der Waals surface area (Å²) in [6.45, 7) is 1.94. The zero-order chi connectivity index (χ0) is 10.5. The van der Waals surface area contributed by atoms with Crippen LogP contribution in [0.3, 0.4) is 0 Å². The summed E-state index contributed by atoms with van der Waals surface area (Å²) in [4.78, 5) is 11.8. The van der Waals surface area contributed by atoms with Crippen molar-refractivity contribution < 1.29 is 18.8 Å². The van der Waals surface area contributed by atoms with Crippen LogP contribution in [-0.4, -0.2) is 52.1 Å². The summed E-state index contributed by atoms with van der Waals surface area (Å²) >= 11 is 0. The molecule has 0 aliphatic heterocycles. The van der Waals surface area contributed by atoms with Gasteiger partial charge in [0.05, 0.1) is 6.17 Å². The molecule has 0 aromatic rings. The fourth-order valence-electron chi connectivity index (χ4n) is 1.04. The molecule has 5 nitrogen and oxygen atoms in total. The molecule has 0 radical (unpaired) electrons. The van der Waals surface area contributed by atoms with Crippen molar-refractivity contribution in [2.75, 3.05) is 27.4 Å². The van der Waals surface area contributed by atoms with Crippen molar-refractivity contribution in [2.45, 2.75) is 13.0 Å². The molecule has 1 N–H and O–H groups in total. The van der Waals surface area contributed by atoms with Gasteiger partial charge in [-0.1, -0.05) is 6.92 Å². The molecule has 0 saturated carbocycles. The van der Waals surface area contributed by atoms with Crippen LogP contribution in [0.1, 0.15) is 6.92 Å². The number of rotatable bonds is 5. The lowest BCUT2D eigenvalue weighted by molar-refractivity contribution is 0.151. The van der Waals surface area contributed by atoms with Gasteiger partial charge in [-0.3, -0.25) is 0 Å². The summed E-state index contributed by atoms with van der Waals surface area (Å²) in [5.74, 6) is 0. The second-order valence-corrected chi connectivity index (χ2v) is 6.47. The van der Waals surface area contributed by atoms with E-state index in [4.69, 9.17) is 14.0 Å². The monoisotopic (exact) mass is 207 g/mol. The van der Waals surface area contributed by atoms with Crippen LogP contribution >= 0.6 is 0 Å². The van der Waals surface area contributed by atoms with Crippen molar-refractivity contribution in [1.29, 1.82) is 0 Å². The molecule has 0 aromatic carbocycles. The van der Waals surface area contributed by atoms with Crippen LogP contribution in [0, 0.1) is 0 Å². The van der Waals surface area contributed by atoms with E-state index in [1.807, 2.05) is 6.92 Å². The smallest absolute Gasteiger partial charge is 0.406 e. The Morgan fingerprint density at radius 1 is 1.46 bits per heavy atom. The molecule has 1 amide bonds. The summed E-state index contributed by atoms with van der Waals surface area (Å²) in [6, 6.07) is 0.734. The average molecular weight is 207 g/mol. The van der Waals surface area contributed by atoms with Gasteiger partial charge in [0.1, 0.15) is 0 Å². The van der Waals surface area contributed by atoms with Crippen molar-refractivity contribution in [3.8, 4) is 0 Å². The third kappa shape index (κ3) is 3.33. The first kappa shape index (κ1) is 12.4. The summed E-state index contributed by atoms with van der Waals surface area (Å²) in [5, 5.41) is 8.67. The van der Waals surface area contributed by atoms with E-state index in [1.54, 1.807) is 14.2 Å². The summed E-state index contributed by atoms with van der Waals surface area (Å²) in [5.41, 5.74) is 0. The van der Waals surface area contributed by atoms with Crippen LogP contribution in [-0.2, 0) is 8.85 Å². The van der Waals surface area contributed by atoms with Crippen molar-refractivity contribution in [1.82, 2.24) is 4.90 Å². The third-order valence-corrected chi connectivity index (χ3v) is 5.61. The summed E-state index contributed by atoms with van der Waals surface area (Å²) in [7, 11) is 2.34. The van der Waals surface area contributed by atoms with Crippen molar-refractivity contribution in [2.24, 2.45) is 0 Å². The lowest BCUT2D eigenvalue weighted by Crippen LogP contribution is -2.51. The van der Waals surface area contributed by atoms with Gasteiger partial charge < -0.3 is 18.9 Å². The van der Waals surface area contributed by atoms with Crippen molar-refractivity contribution >= 4 is 14.7 Å². The Morgan fingerprint density at radius 3 is 2.15 bits per heavy atom. The Kier molecular flexibility index (Phi) is 4.97. The quantitative estimate of drug-likeness (QED) is 0.680. The molecule has 0 heterocycles. The zero-order valence-electron chi connectivity index (χ0n) is 8.53. The van der Waals surface area contributed by atoms with Gasteiger partial charge >= 0.3 is 14.7 Å². The number of hydrogen-bond donors (Lipinski definition) is 1. The SMILES string of the molecule is CC[Si](CN(C)C(=O)O)(OC)OC. The molecule has 0 unspecified atom stereocenters. The molecule has 6 heteroatoms. The number of amides is 1. The van der Waals surface area contributed by atoms with E-state index in [1.165, 1.54) is 11.9 Å². The van der Waals surface area contributed by atoms with Gasteiger partial charge in [0, 0.05) is 21.3 Å². The largest absolute Gasteiger partial charge is 0.465 e. The predicted molar refractivity (Wildman–Crippen MR) is 50.9 cm³/mol. The van der Waals surface area contributed by atoms with Gasteiger partial charge in [-0.15, -0.1) is 0 Å². The van der Waals surface area contributed by atoms with Crippen LogP contribution in [0.4, 0.5) is 4.79 Å². The fraction of sp³-hybridized carbons (Fsp3) is 0.857. The highest BCUT2D eigenvalue weighted by atomic mass is 28.4. The zero-order valence-corrected chi connectivity index (χ0v) is 9.53. The molecule has 0 rings (SSSR count). The van der Waals surface area contributed by atoms with E-state index in [2.05, 4.69) is 0 Å². The van der Waals surface area contributed by atoms with E-state index in [0.717, 1.165) is 6.04 Å². The minimum Gasteiger partial charge on any atom is -0.465 e. The topological polar surface area (TPSA) is 59.0 Å². The van der Waals surface area contributed by atoms with Crippen molar-refractivity contribution in [3.63, 3.8) is 0 Å². The van der Waals surface area contributed by atoms with E-state index in [0.29, 0.717) is 6.17 Å². The Morgan fingerprint density at radius 2 is 1.92 bits per heavy atom. The Labute approximate surface area is 79.5 Å². The lowest BCUT2D eigenvalue weighted by Gasteiger charge is -2.29. The first-order valence-electron chi connectivity index (χ1n) is 4.05. The van der Waals surface area contributed by atoms with Gasteiger partial charge in [-0.2, -0.15) is 0 Å². The van der Waals surface area contributed by atoms with Crippen LogP contribution in [0.5, 0.6) is 0 Å². The number of carbonyl (C=O) groups is 1. The maximum Gasteiger partial charge on any atom is 0.406 e. The molecule has 13 heavy (non-hydrogen) atoms. The van der Waals surface area contributed by atoms with Gasteiger partial charge in [-0.05, 0) is 6.04 Å². The second kappa shape index (κ2) is 5.20. The van der Waals surface area contributed by atoms with Gasteiger partial charge in [0.2, 0.25) is 0 Å². The first-order valence-corrected chi connectivity index (χ1v) is 6.28. The summed E-state index contributed by atoms with van der Waals surface area (Å²) in [6.07, 6.45) is -0.620. The van der Waals surface area contributed by atoms with E-state index < -0.39 is 14.7 Å². The second-order valence-electron chi connectivity index (χ2n) is 2.81. The molecule has 0 saturated heterocycles. The lowest BCUT2D eigenvalue weighted by atomic mass is 10.9. The molecule has 0 bridgehead atoms. The van der Waals surface area contributed by atoms with Crippen LogP contribution in [0.15, 0.2) is 0 Å². The number of nitrogens with zero attached hydrogens (tertiary/aromatic N) is 1. The summed E-state index contributed by atoms with van der Waals surface area (Å²) < 4.78 is 10.5. The Bertz CT molecular complexity index is 164. The van der Waals surface area contributed by atoms with Gasteiger partial charge in [-0.25, -0.2) is 4.79 Å². The fourth-order valence-corrected chi connectivity index (χ4v) is 3.13. The Balaban J connectivity index is 4.32. The highest BCUT2D eigenvalue weighted by Gasteiger charge is 2.36. The molecule has 0 aliphatic rings. The van der Waals surface area contributed by atoms with Gasteiger partial charge in [0.15, 0.2) is 0 Å². The maximum absolute atomic E-state index is 10.6. The third-order valence-electron chi connectivity index (χ3n) is 2.09. The Hall–Kier alpha value is -0.593. The van der Waals surface area contributed by atoms with Crippen LogP contribution in [0.25, 0.3) is 0 Å². The first-order chi connectivity index (χ1) is 6.01. The highest BCUT2D eigenvalue weighted by molar-refractivity contribution is 6.67. The normalized spacial score (nSPS) is 11.4. The molecule has 78 valence electrons. The maximum atomic E-state index is 10.6. The van der Waals surface area contributed by atoms with E-state index in [9.17, 15) is 4.79 Å². The standard InChI is InChI=1S/C7H17NO4Si/c1-5-13(11-3,12-4)6-8(2)7(9)10/h5-6H2,1-4H3,(H,9,10). The minimum absolute atomic E-state index is 0.339. The average Bonchev–Trinajstić information content (AvgIpc) is 2.14. The molecule has 0 fully saturated rings. The molecule has 0 aliphatic carbocycles. The van der Waals surface area contributed by atoms with Crippen LogP contribution < -0.4 is 0 Å². The molecule has 0 aromatic heterocycles. The molecule has 0 spiro atoms. The van der Waals surface area contributed by atoms with Gasteiger partial charge in [0.25, 0.3) is 0 Å². The van der Waals surface area contributed by atoms with E-state index in [-0.39, 0.29) is 0 Å². The predicted octanol–water partition coefficient (Wildman–Crippen LogP) is 0.890.